The van der Waals surface area contributed by atoms with E-state index in [9.17, 15) is 5.11 Å². The number of aryl methyl sites for hydroxylation is 1. The van der Waals surface area contributed by atoms with Crippen LogP contribution in [0.15, 0.2) is 42.5 Å². The molecule has 0 spiro atoms. The van der Waals surface area contributed by atoms with E-state index in [4.69, 9.17) is 4.74 Å². The van der Waals surface area contributed by atoms with Crippen LogP contribution in [0.2, 0.25) is 0 Å². The monoisotopic (exact) mass is 228 g/mol. The Morgan fingerprint density at radius 2 is 1.65 bits per heavy atom. The van der Waals surface area contributed by atoms with Crippen LogP contribution in [0.3, 0.4) is 0 Å². The number of ether oxygens (including phenoxy) is 1. The van der Waals surface area contributed by atoms with Gasteiger partial charge in [-0.25, -0.2) is 0 Å². The molecule has 88 valence electrons. The summed E-state index contributed by atoms with van der Waals surface area (Å²) in [5, 5.41) is 9.68. The third-order valence-electron chi connectivity index (χ3n) is 2.71. The van der Waals surface area contributed by atoms with E-state index in [1.165, 1.54) is 0 Å². The highest BCUT2D eigenvalue weighted by atomic mass is 16.5. The molecule has 2 aromatic carbocycles. The van der Waals surface area contributed by atoms with Gasteiger partial charge in [-0.15, -0.1) is 0 Å². The molecule has 0 saturated heterocycles. The molecule has 0 radical (unpaired) electrons. The fourth-order valence-electron chi connectivity index (χ4n) is 1.70. The minimum atomic E-state index is 0.330. The summed E-state index contributed by atoms with van der Waals surface area (Å²) >= 11 is 0. The summed E-state index contributed by atoms with van der Waals surface area (Å²) in [6.45, 7) is 4.52. The van der Waals surface area contributed by atoms with Crippen LogP contribution in [0.5, 0.6) is 11.5 Å². The maximum absolute atomic E-state index is 9.68. The summed E-state index contributed by atoms with van der Waals surface area (Å²) < 4.78 is 5.39. The predicted octanol–water partition coefficient (Wildman–Crippen LogP) is 3.77. The van der Waals surface area contributed by atoms with Crippen molar-refractivity contribution in [2.75, 3.05) is 6.61 Å². The highest BCUT2D eigenvalue weighted by molar-refractivity contribution is 5.66. The molecule has 2 rings (SSSR count). The zero-order chi connectivity index (χ0) is 12.3. The van der Waals surface area contributed by atoms with Crippen LogP contribution in [0.4, 0.5) is 0 Å². The molecule has 0 aliphatic heterocycles. The Morgan fingerprint density at radius 3 is 2.24 bits per heavy atom. The molecule has 0 aliphatic rings. The molecular weight excluding hydrogens is 212 g/mol. The Hall–Kier alpha value is -1.96. The van der Waals surface area contributed by atoms with Gasteiger partial charge in [0.1, 0.15) is 11.5 Å². The Bertz CT molecular complexity index is 501. The minimum absolute atomic E-state index is 0.330. The number of phenols is 1. The number of aromatic hydroxyl groups is 1. The smallest absolute Gasteiger partial charge is 0.119 e. The lowest BCUT2D eigenvalue weighted by molar-refractivity contribution is 0.340. The van der Waals surface area contributed by atoms with E-state index in [-0.39, 0.29) is 0 Å². The molecule has 0 amide bonds. The minimum Gasteiger partial charge on any atom is -0.508 e. The molecule has 1 N–H and O–H groups in total. The van der Waals surface area contributed by atoms with E-state index in [1.54, 1.807) is 6.07 Å². The van der Waals surface area contributed by atoms with Crippen molar-refractivity contribution in [3.63, 3.8) is 0 Å². The van der Waals surface area contributed by atoms with Crippen molar-refractivity contribution in [1.82, 2.24) is 0 Å². The van der Waals surface area contributed by atoms with Crippen LogP contribution in [-0.4, -0.2) is 11.7 Å². The first kappa shape index (κ1) is 11.5. The van der Waals surface area contributed by atoms with Crippen molar-refractivity contribution in [1.29, 1.82) is 0 Å². The molecule has 0 heterocycles. The van der Waals surface area contributed by atoms with Gasteiger partial charge in [-0.2, -0.15) is 0 Å². The molecule has 0 bridgehead atoms. The van der Waals surface area contributed by atoms with Crippen LogP contribution in [0.1, 0.15) is 12.5 Å². The zero-order valence-corrected chi connectivity index (χ0v) is 10.1. The lowest BCUT2D eigenvalue weighted by Crippen LogP contribution is -1.90. The van der Waals surface area contributed by atoms with Gasteiger partial charge in [0.05, 0.1) is 6.61 Å². The molecule has 0 aromatic heterocycles. The molecule has 2 heteroatoms. The van der Waals surface area contributed by atoms with Crippen LogP contribution in [0.25, 0.3) is 11.1 Å². The molecule has 17 heavy (non-hydrogen) atoms. The van der Waals surface area contributed by atoms with Gasteiger partial charge >= 0.3 is 0 Å². The highest BCUT2D eigenvalue weighted by Gasteiger charge is 2.01. The standard InChI is InChI=1S/C15H16O2/c1-3-17-14-8-6-12(7-9-14)13-5-4-11(2)15(16)10-13/h4-10,16H,3H2,1-2H3. The Balaban J connectivity index is 2.30. The van der Waals surface area contributed by atoms with Crippen molar-refractivity contribution >= 4 is 0 Å². The predicted molar refractivity (Wildman–Crippen MR) is 69.4 cm³/mol. The SMILES string of the molecule is CCOc1ccc(-c2ccc(C)c(O)c2)cc1. The van der Waals surface area contributed by atoms with Crippen molar-refractivity contribution < 1.29 is 9.84 Å². The summed E-state index contributed by atoms with van der Waals surface area (Å²) in [7, 11) is 0. The van der Waals surface area contributed by atoms with E-state index in [0.29, 0.717) is 12.4 Å². The Kier molecular flexibility index (Phi) is 3.33. The number of rotatable bonds is 3. The first-order chi connectivity index (χ1) is 8.20. The summed E-state index contributed by atoms with van der Waals surface area (Å²) in [5.74, 6) is 1.20. The van der Waals surface area contributed by atoms with Gasteiger partial charge in [-0.3, -0.25) is 0 Å². The first-order valence-corrected chi connectivity index (χ1v) is 5.73. The lowest BCUT2D eigenvalue weighted by atomic mass is 10.0. The largest absolute Gasteiger partial charge is 0.508 e. The van der Waals surface area contributed by atoms with Crippen molar-refractivity contribution in [2.24, 2.45) is 0 Å². The second-order valence-electron chi connectivity index (χ2n) is 3.96. The quantitative estimate of drug-likeness (QED) is 0.866. The normalized spacial score (nSPS) is 10.2. The van der Waals surface area contributed by atoms with Crippen LogP contribution in [0, 0.1) is 6.92 Å². The summed E-state index contributed by atoms with van der Waals surface area (Å²) in [6, 6.07) is 13.6. The van der Waals surface area contributed by atoms with Crippen molar-refractivity contribution in [2.45, 2.75) is 13.8 Å². The average Bonchev–Trinajstić information content (AvgIpc) is 2.34. The van der Waals surface area contributed by atoms with Crippen molar-refractivity contribution in [3.05, 3.63) is 48.0 Å². The van der Waals surface area contributed by atoms with Gasteiger partial charge in [0, 0.05) is 0 Å². The van der Waals surface area contributed by atoms with Gasteiger partial charge in [-0.05, 0) is 48.7 Å². The Morgan fingerprint density at radius 1 is 1.00 bits per heavy atom. The maximum atomic E-state index is 9.68. The van der Waals surface area contributed by atoms with E-state index >= 15 is 0 Å². The molecule has 0 saturated carbocycles. The molecular formula is C15H16O2. The lowest BCUT2D eigenvalue weighted by Gasteiger charge is -2.06. The zero-order valence-electron chi connectivity index (χ0n) is 10.1. The van der Waals surface area contributed by atoms with E-state index in [1.807, 2.05) is 50.2 Å². The molecule has 0 fully saturated rings. The topological polar surface area (TPSA) is 29.5 Å². The number of phenolic OH excluding ortho intramolecular Hbond substituents is 1. The summed E-state index contributed by atoms with van der Waals surface area (Å²) in [4.78, 5) is 0. The first-order valence-electron chi connectivity index (χ1n) is 5.73. The van der Waals surface area contributed by atoms with Crippen molar-refractivity contribution in [3.8, 4) is 22.6 Å². The second-order valence-corrected chi connectivity index (χ2v) is 3.96. The number of hydrogen-bond donors (Lipinski definition) is 1. The summed E-state index contributed by atoms with van der Waals surface area (Å²) in [6.07, 6.45) is 0. The van der Waals surface area contributed by atoms with Gasteiger partial charge in [0.25, 0.3) is 0 Å². The van der Waals surface area contributed by atoms with Gasteiger partial charge in [0.2, 0.25) is 0 Å². The van der Waals surface area contributed by atoms with Crippen LogP contribution < -0.4 is 4.74 Å². The average molecular weight is 228 g/mol. The fourth-order valence-corrected chi connectivity index (χ4v) is 1.70. The highest BCUT2D eigenvalue weighted by Crippen LogP contribution is 2.27. The van der Waals surface area contributed by atoms with E-state index in [0.717, 1.165) is 22.4 Å². The van der Waals surface area contributed by atoms with Gasteiger partial charge in [0.15, 0.2) is 0 Å². The second kappa shape index (κ2) is 4.91. The third kappa shape index (κ3) is 2.59. The van der Waals surface area contributed by atoms with E-state index in [2.05, 4.69) is 0 Å². The molecule has 0 aliphatic carbocycles. The molecule has 2 nitrogen and oxygen atoms in total. The van der Waals surface area contributed by atoms with Crippen LogP contribution in [-0.2, 0) is 0 Å². The Labute approximate surface area is 101 Å². The summed E-state index contributed by atoms with van der Waals surface area (Å²) in [5.41, 5.74) is 2.97. The molecule has 0 unspecified atom stereocenters. The molecule has 0 atom stereocenters. The number of hydrogen-bond acceptors (Lipinski definition) is 2. The van der Waals surface area contributed by atoms with Gasteiger partial charge in [-0.1, -0.05) is 24.3 Å². The number of benzene rings is 2. The van der Waals surface area contributed by atoms with Crippen LogP contribution >= 0.6 is 0 Å². The van der Waals surface area contributed by atoms with Gasteiger partial charge < -0.3 is 9.84 Å². The van der Waals surface area contributed by atoms with E-state index < -0.39 is 0 Å². The maximum Gasteiger partial charge on any atom is 0.119 e. The fraction of sp³-hybridized carbons (Fsp3) is 0.200. The third-order valence-corrected chi connectivity index (χ3v) is 2.71. The molecule has 2 aromatic rings.